The van der Waals surface area contributed by atoms with Crippen LogP contribution in [-0.2, 0) is 0 Å². The van der Waals surface area contributed by atoms with Gasteiger partial charge in [-0.3, -0.25) is 4.79 Å². The lowest BCUT2D eigenvalue weighted by molar-refractivity contribution is 0.873. The third-order valence-corrected chi connectivity index (χ3v) is 7.57. The Bertz CT molecular complexity index is 851. The number of nitrogens with zero attached hydrogens (tertiary/aromatic N) is 3. The summed E-state index contributed by atoms with van der Waals surface area (Å²) in [6.07, 6.45) is 1.57. The summed E-state index contributed by atoms with van der Waals surface area (Å²) < 4.78 is 1.71. The molecule has 22 heavy (non-hydrogen) atoms. The number of benzene rings is 1. The monoisotopic (exact) mass is 330 g/mol. The van der Waals surface area contributed by atoms with Gasteiger partial charge in [-0.05, 0) is 17.5 Å². The highest BCUT2D eigenvalue weighted by molar-refractivity contribution is 8.00. The molecule has 0 bridgehead atoms. The number of hydrogen-bond acceptors (Lipinski definition) is 4. The first-order chi connectivity index (χ1) is 10.4. The predicted octanol–water partition coefficient (Wildman–Crippen LogP) is 3.08. The molecule has 0 aliphatic carbocycles. The summed E-state index contributed by atoms with van der Waals surface area (Å²) in [5.41, 5.74) is 1.37. The van der Waals surface area contributed by atoms with Crippen LogP contribution in [0, 0.1) is 0 Å². The van der Waals surface area contributed by atoms with Crippen LogP contribution in [0.1, 0.15) is 0 Å². The number of thioether (sulfide) groups is 1. The van der Waals surface area contributed by atoms with Crippen molar-refractivity contribution in [2.45, 2.75) is 24.8 Å². The molecule has 3 rings (SSSR count). The molecule has 0 aliphatic heterocycles. The molecule has 0 spiro atoms. The van der Waals surface area contributed by atoms with Crippen molar-refractivity contribution in [2.24, 2.45) is 0 Å². The van der Waals surface area contributed by atoms with Gasteiger partial charge in [-0.1, -0.05) is 49.6 Å². The van der Waals surface area contributed by atoms with Gasteiger partial charge in [0.2, 0.25) is 0 Å². The Labute approximate surface area is 133 Å². The van der Waals surface area contributed by atoms with Gasteiger partial charge >= 0.3 is 0 Å². The van der Waals surface area contributed by atoms with Crippen LogP contribution in [0.2, 0.25) is 19.6 Å². The molecule has 0 radical (unpaired) electrons. The minimum Gasteiger partial charge on any atom is -0.301 e. The Hall–Kier alpha value is -1.86. The van der Waals surface area contributed by atoms with E-state index in [1.807, 2.05) is 30.3 Å². The molecule has 7 heteroatoms. The fourth-order valence-electron chi connectivity index (χ4n) is 2.01. The van der Waals surface area contributed by atoms with Gasteiger partial charge in [-0.2, -0.15) is 5.10 Å². The Morgan fingerprint density at radius 2 is 1.95 bits per heavy atom. The molecule has 114 valence electrons. The summed E-state index contributed by atoms with van der Waals surface area (Å²) in [5, 5.41) is 6.50. The summed E-state index contributed by atoms with van der Waals surface area (Å²) in [7, 11) is -1.21. The van der Waals surface area contributed by atoms with E-state index < -0.39 is 8.07 Å². The van der Waals surface area contributed by atoms with Gasteiger partial charge < -0.3 is 4.98 Å². The molecule has 2 heterocycles. The number of rotatable bonds is 4. The van der Waals surface area contributed by atoms with Crippen LogP contribution in [0.25, 0.3) is 16.7 Å². The molecule has 0 unspecified atom stereocenters. The standard InChI is InChI=1S/C15H18N4OSSi/c1-22(2,3)10-21-15-17-13-12(14(20)18-15)9-16-19(13)11-7-5-4-6-8-11/h4-9H,10H2,1-3H3,(H,17,18,20). The van der Waals surface area contributed by atoms with E-state index in [2.05, 4.69) is 34.7 Å². The molecule has 0 aliphatic rings. The molecule has 0 amide bonds. The van der Waals surface area contributed by atoms with Gasteiger partial charge in [0.25, 0.3) is 5.56 Å². The van der Waals surface area contributed by atoms with E-state index in [9.17, 15) is 4.79 Å². The number of aromatic amines is 1. The zero-order valence-electron chi connectivity index (χ0n) is 12.8. The summed E-state index contributed by atoms with van der Waals surface area (Å²) in [5.74, 6) is 0. The van der Waals surface area contributed by atoms with Crippen molar-refractivity contribution < 1.29 is 0 Å². The molecule has 0 atom stereocenters. The van der Waals surface area contributed by atoms with E-state index in [1.165, 1.54) is 0 Å². The first-order valence-electron chi connectivity index (χ1n) is 7.10. The van der Waals surface area contributed by atoms with Gasteiger partial charge in [0.15, 0.2) is 10.8 Å². The highest BCUT2D eigenvalue weighted by Crippen LogP contribution is 2.20. The number of nitrogens with one attached hydrogen (secondary N) is 1. The third kappa shape index (κ3) is 3.15. The Balaban J connectivity index is 2.06. The zero-order chi connectivity index (χ0) is 15.7. The van der Waals surface area contributed by atoms with E-state index in [1.54, 1.807) is 22.6 Å². The highest BCUT2D eigenvalue weighted by atomic mass is 32.2. The molecule has 3 aromatic rings. The van der Waals surface area contributed by atoms with E-state index in [-0.39, 0.29) is 5.56 Å². The predicted molar refractivity (Wildman–Crippen MR) is 93.6 cm³/mol. The van der Waals surface area contributed by atoms with E-state index in [0.717, 1.165) is 11.1 Å². The highest BCUT2D eigenvalue weighted by Gasteiger charge is 2.16. The summed E-state index contributed by atoms with van der Waals surface area (Å²) in [6, 6.07) is 9.73. The number of hydrogen-bond donors (Lipinski definition) is 1. The van der Waals surface area contributed by atoms with Gasteiger partial charge in [-0.25, -0.2) is 9.67 Å². The molecule has 0 saturated heterocycles. The first kappa shape index (κ1) is 15.0. The lowest BCUT2D eigenvalue weighted by Gasteiger charge is -2.14. The lowest BCUT2D eigenvalue weighted by atomic mass is 10.3. The van der Waals surface area contributed by atoms with E-state index >= 15 is 0 Å². The van der Waals surface area contributed by atoms with Crippen molar-refractivity contribution >= 4 is 30.9 Å². The molecular formula is C15H18N4OSSi. The Morgan fingerprint density at radius 3 is 2.64 bits per heavy atom. The Morgan fingerprint density at radius 1 is 1.23 bits per heavy atom. The van der Waals surface area contributed by atoms with Crippen molar-refractivity contribution in [3.63, 3.8) is 0 Å². The second kappa shape index (κ2) is 5.73. The first-order valence-corrected chi connectivity index (χ1v) is 11.8. The third-order valence-electron chi connectivity index (χ3n) is 3.06. The quantitative estimate of drug-likeness (QED) is 0.454. The molecule has 2 aromatic heterocycles. The van der Waals surface area contributed by atoms with Crippen LogP contribution in [0.3, 0.4) is 0 Å². The van der Waals surface area contributed by atoms with Crippen molar-refractivity contribution in [3.8, 4) is 5.69 Å². The molecule has 5 nitrogen and oxygen atoms in total. The van der Waals surface area contributed by atoms with Crippen LogP contribution >= 0.6 is 11.8 Å². The van der Waals surface area contributed by atoms with Crippen LogP contribution in [-0.4, -0.2) is 33.2 Å². The fourth-order valence-corrected chi connectivity index (χ4v) is 4.60. The minimum atomic E-state index is -1.21. The lowest BCUT2D eigenvalue weighted by Crippen LogP contribution is -2.24. The van der Waals surface area contributed by atoms with Crippen molar-refractivity contribution in [2.75, 3.05) is 5.38 Å². The summed E-state index contributed by atoms with van der Waals surface area (Å²) >= 11 is 1.62. The second-order valence-electron chi connectivity index (χ2n) is 6.35. The van der Waals surface area contributed by atoms with Gasteiger partial charge in [0.1, 0.15) is 5.39 Å². The maximum absolute atomic E-state index is 12.2. The van der Waals surface area contributed by atoms with E-state index in [0.29, 0.717) is 16.2 Å². The molecule has 1 N–H and O–H groups in total. The van der Waals surface area contributed by atoms with Gasteiger partial charge in [0, 0.05) is 0 Å². The average Bonchev–Trinajstić information content (AvgIpc) is 2.90. The smallest absolute Gasteiger partial charge is 0.262 e. The number of aromatic nitrogens is 4. The maximum Gasteiger partial charge on any atom is 0.262 e. The summed E-state index contributed by atoms with van der Waals surface area (Å²) in [6.45, 7) is 6.89. The topological polar surface area (TPSA) is 63.6 Å². The fraction of sp³-hybridized carbons (Fsp3) is 0.267. The van der Waals surface area contributed by atoms with Crippen LogP contribution in [0.15, 0.2) is 46.5 Å². The average molecular weight is 330 g/mol. The summed E-state index contributed by atoms with van der Waals surface area (Å²) in [4.78, 5) is 19.7. The minimum absolute atomic E-state index is 0.134. The molecule has 0 saturated carbocycles. The molecule has 0 fully saturated rings. The van der Waals surface area contributed by atoms with Crippen LogP contribution in [0.5, 0.6) is 0 Å². The second-order valence-corrected chi connectivity index (χ2v) is 13.3. The normalized spacial score (nSPS) is 12.0. The van der Waals surface area contributed by atoms with Crippen LogP contribution in [0.4, 0.5) is 0 Å². The van der Waals surface area contributed by atoms with Crippen molar-refractivity contribution in [1.82, 2.24) is 19.7 Å². The number of H-pyrrole nitrogens is 1. The zero-order valence-corrected chi connectivity index (χ0v) is 14.6. The van der Waals surface area contributed by atoms with Crippen LogP contribution < -0.4 is 5.56 Å². The van der Waals surface area contributed by atoms with Gasteiger partial charge in [-0.15, -0.1) is 0 Å². The number of fused-ring (bicyclic) bond motifs is 1. The van der Waals surface area contributed by atoms with E-state index in [4.69, 9.17) is 0 Å². The maximum atomic E-state index is 12.2. The van der Waals surface area contributed by atoms with Crippen molar-refractivity contribution in [1.29, 1.82) is 0 Å². The molecule has 1 aromatic carbocycles. The van der Waals surface area contributed by atoms with Crippen molar-refractivity contribution in [3.05, 3.63) is 46.9 Å². The molecular weight excluding hydrogens is 312 g/mol. The SMILES string of the molecule is C[Si](C)(C)CSc1nc2c(cnn2-c2ccccc2)c(=O)[nH]1. The number of para-hydroxylation sites is 1. The van der Waals surface area contributed by atoms with Gasteiger partial charge in [0.05, 0.1) is 20.0 Å². The largest absolute Gasteiger partial charge is 0.301 e. The Kier molecular flexibility index (Phi) is 3.92.